The van der Waals surface area contributed by atoms with Gasteiger partial charge in [-0.05, 0) is 36.1 Å². The molecule has 3 aromatic carbocycles. The standard InChI is InChI=1S/C30H36FN3O4S/c1-4-19-32-30(36)28(20-23-13-7-6-8-14-23)33(21-25-16-9-11-17-26(25)31)29(35)22-34(39(3,37)38)27-18-12-10-15-24(27)5-2/h6-18,28H,4-5,19-22H2,1-3H3,(H,32,36)/t28-/m0/s1. The summed E-state index contributed by atoms with van der Waals surface area (Å²) in [5.74, 6) is -1.51. The molecule has 0 heterocycles. The first-order chi connectivity index (χ1) is 18.7. The maximum Gasteiger partial charge on any atom is 0.244 e. The van der Waals surface area contributed by atoms with Crippen LogP contribution in [0.15, 0.2) is 78.9 Å². The number of hydrogen-bond acceptors (Lipinski definition) is 4. The highest BCUT2D eigenvalue weighted by atomic mass is 32.2. The highest BCUT2D eigenvalue weighted by Gasteiger charge is 2.33. The molecule has 208 valence electrons. The van der Waals surface area contributed by atoms with Gasteiger partial charge in [-0.2, -0.15) is 0 Å². The zero-order valence-corrected chi connectivity index (χ0v) is 23.5. The van der Waals surface area contributed by atoms with Gasteiger partial charge in [0.2, 0.25) is 21.8 Å². The lowest BCUT2D eigenvalue weighted by Crippen LogP contribution is -2.53. The number of carbonyl (C=O) groups is 2. The summed E-state index contributed by atoms with van der Waals surface area (Å²) in [6.45, 7) is 3.50. The third kappa shape index (κ3) is 8.13. The number of sulfonamides is 1. The van der Waals surface area contributed by atoms with Crippen LogP contribution in [0.5, 0.6) is 0 Å². The lowest BCUT2D eigenvalue weighted by Gasteiger charge is -2.34. The normalized spacial score (nSPS) is 12.0. The van der Waals surface area contributed by atoms with E-state index < -0.39 is 34.3 Å². The lowest BCUT2D eigenvalue weighted by atomic mass is 10.0. The average Bonchev–Trinajstić information content (AvgIpc) is 2.93. The Balaban J connectivity index is 2.07. The predicted molar refractivity (Wildman–Crippen MR) is 152 cm³/mol. The third-order valence-electron chi connectivity index (χ3n) is 6.44. The van der Waals surface area contributed by atoms with Crippen molar-refractivity contribution >= 4 is 27.5 Å². The van der Waals surface area contributed by atoms with Crippen molar-refractivity contribution in [2.24, 2.45) is 0 Å². The summed E-state index contributed by atoms with van der Waals surface area (Å²) in [6.07, 6.45) is 2.48. The predicted octanol–water partition coefficient (Wildman–Crippen LogP) is 4.32. The number of nitrogens with zero attached hydrogens (tertiary/aromatic N) is 2. The second-order valence-electron chi connectivity index (χ2n) is 9.36. The van der Waals surface area contributed by atoms with Crippen LogP contribution in [-0.2, 0) is 39.0 Å². The third-order valence-corrected chi connectivity index (χ3v) is 7.57. The second-order valence-corrected chi connectivity index (χ2v) is 11.3. The van der Waals surface area contributed by atoms with Gasteiger partial charge in [-0.1, -0.05) is 80.6 Å². The van der Waals surface area contributed by atoms with E-state index in [0.717, 1.165) is 21.7 Å². The monoisotopic (exact) mass is 553 g/mol. The molecule has 1 N–H and O–H groups in total. The average molecular weight is 554 g/mol. The van der Waals surface area contributed by atoms with Crippen LogP contribution in [0.3, 0.4) is 0 Å². The molecule has 0 radical (unpaired) electrons. The van der Waals surface area contributed by atoms with E-state index in [1.165, 1.54) is 11.0 Å². The van der Waals surface area contributed by atoms with Gasteiger partial charge in [-0.3, -0.25) is 13.9 Å². The summed E-state index contributed by atoms with van der Waals surface area (Å²) in [6, 6.07) is 21.3. The highest BCUT2D eigenvalue weighted by molar-refractivity contribution is 7.92. The first-order valence-corrected chi connectivity index (χ1v) is 14.9. The quantitative estimate of drug-likeness (QED) is 0.342. The minimum atomic E-state index is -3.87. The van der Waals surface area contributed by atoms with Crippen molar-refractivity contribution in [3.8, 4) is 0 Å². The molecule has 0 aromatic heterocycles. The topological polar surface area (TPSA) is 86.8 Å². The molecule has 2 amide bonds. The van der Waals surface area contributed by atoms with E-state index in [2.05, 4.69) is 5.32 Å². The van der Waals surface area contributed by atoms with Gasteiger partial charge < -0.3 is 10.2 Å². The molecule has 0 aliphatic carbocycles. The molecule has 1 atom stereocenters. The van der Waals surface area contributed by atoms with Crippen LogP contribution < -0.4 is 9.62 Å². The maximum atomic E-state index is 14.8. The molecular weight excluding hydrogens is 517 g/mol. The fourth-order valence-corrected chi connectivity index (χ4v) is 5.26. The summed E-state index contributed by atoms with van der Waals surface area (Å²) >= 11 is 0. The van der Waals surface area contributed by atoms with Crippen LogP contribution >= 0.6 is 0 Å². The molecule has 3 rings (SSSR count). The van der Waals surface area contributed by atoms with Crippen LogP contribution in [0.1, 0.15) is 37.0 Å². The fraction of sp³-hybridized carbons (Fsp3) is 0.333. The van der Waals surface area contributed by atoms with E-state index in [9.17, 15) is 22.4 Å². The van der Waals surface area contributed by atoms with Crippen molar-refractivity contribution in [1.29, 1.82) is 0 Å². The van der Waals surface area contributed by atoms with Crippen LogP contribution in [0.4, 0.5) is 10.1 Å². The molecule has 3 aromatic rings. The molecular formula is C30H36FN3O4S. The highest BCUT2D eigenvalue weighted by Crippen LogP contribution is 2.25. The molecule has 0 spiro atoms. The Morgan fingerprint density at radius 2 is 1.51 bits per heavy atom. The van der Waals surface area contributed by atoms with Gasteiger partial charge in [0.15, 0.2) is 0 Å². The van der Waals surface area contributed by atoms with E-state index >= 15 is 0 Å². The van der Waals surface area contributed by atoms with E-state index in [-0.39, 0.29) is 24.4 Å². The number of halogens is 1. The molecule has 0 saturated heterocycles. The Hall–Kier alpha value is -3.72. The van der Waals surface area contributed by atoms with Crippen molar-refractivity contribution in [3.05, 3.63) is 101 Å². The van der Waals surface area contributed by atoms with E-state index in [4.69, 9.17) is 0 Å². The van der Waals surface area contributed by atoms with Crippen LogP contribution in [-0.4, -0.2) is 50.5 Å². The molecule has 0 aliphatic heterocycles. The molecule has 9 heteroatoms. The Morgan fingerprint density at radius 3 is 2.13 bits per heavy atom. The first kappa shape index (κ1) is 29.8. The number of amides is 2. The summed E-state index contributed by atoms with van der Waals surface area (Å²) < 4.78 is 41.7. The number of para-hydroxylation sites is 1. The molecule has 0 fully saturated rings. The van der Waals surface area contributed by atoms with Gasteiger partial charge in [-0.15, -0.1) is 0 Å². The SMILES string of the molecule is CCCNC(=O)[C@H](Cc1ccccc1)N(Cc1ccccc1F)C(=O)CN(c1ccccc1CC)S(C)(=O)=O. The fourth-order valence-electron chi connectivity index (χ4n) is 4.38. The molecule has 0 bridgehead atoms. The Labute approximate surface area is 230 Å². The van der Waals surface area contributed by atoms with Crippen molar-refractivity contribution in [1.82, 2.24) is 10.2 Å². The smallest absolute Gasteiger partial charge is 0.244 e. The summed E-state index contributed by atoms with van der Waals surface area (Å²) in [5.41, 5.74) is 2.21. The molecule has 7 nitrogen and oxygen atoms in total. The van der Waals surface area contributed by atoms with Crippen molar-refractivity contribution < 1.29 is 22.4 Å². The van der Waals surface area contributed by atoms with Gasteiger partial charge in [-0.25, -0.2) is 12.8 Å². The number of carbonyl (C=O) groups excluding carboxylic acids is 2. The number of nitrogens with one attached hydrogen (secondary N) is 1. The Morgan fingerprint density at radius 1 is 0.897 bits per heavy atom. The van der Waals surface area contributed by atoms with Gasteiger partial charge in [0.1, 0.15) is 18.4 Å². The summed E-state index contributed by atoms with van der Waals surface area (Å²) in [7, 11) is -3.87. The van der Waals surface area contributed by atoms with Gasteiger partial charge in [0, 0.05) is 25.1 Å². The Bertz CT molecular complexity index is 1370. The van der Waals surface area contributed by atoms with Gasteiger partial charge in [0.05, 0.1) is 11.9 Å². The second kappa shape index (κ2) is 13.9. The largest absolute Gasteiger partial charge is 0.354 e. The van der Waals surface area contributed by atoms with Crippen LogP contribution in [0.25, 0.3) is 0 Å². The van der Waals surface area contributed by atoms with E-state index in [1.807, 2.05) is 56.3 Å². The van der Waals surface area contributed by atoms with E-state index in [0.29, 0.717) is 25.1 Å². The maximum absolute atomic E-state index is 14.8. The number of aryl methyl sites for hydroxylation is 1. The van der Waals surface area contributed by atoms with Gasteiger partial charge in [0.25, 0.3) is 0 Å². The zero-order chi connectivity index (χ0) is 28.4. The molecule has 39 heavy (non-hydrogen) atoms. The van der Waals surface area contributed by atoms with Crippen molar-refractivity contribution in [2.75, 3.05) is 23.7 Å². The zero-order valence-electron chi connectivity index (χ0n) is 22.6. The molecule has 0 saturated carbocycles. The number of hydrogen-bond donors (Lipinski definition) is 1. The van der Waals surface area contributed by atoms with Crippen molar-refractivity contribution in [2.45, 2.75) is 45.7 Å². The number of anilines is 1. The van der Waals surface area contributed by atoms with E-state index in [1.54, 1.807) is 30.3 Å². The van der Waals surface area contributed by atoms with Crippen LogP contribution in [0, 0.1) is 5.82 Å². The molecule has 0 unspecified atom stereocenters. The minimum Gasteiger partial charge on any atom is -0.354 e. The molecule has 0 aliphatic rings. The van der Waals surface area contributed by atoms with Crippen LogP contribution in [0.2, 0.25) is 0 Å². The first-order valence-electron chi connectivity index (χ1n) is 13.1. The lowest BCUT2D eigenvalue weighted by molar-refractivity contribution is -0.140. The minimum absolute atomic E-state index is 0.182. The van der Waals surface area contributed by atoms with Crippen molar-refractivity contribution in [3.63, 3.8) is 0 Å². The Kier molecular flexibility index (Phi) is 10.6. The number of benzene rings is 3. The number of rotatable bonds is 13. The summed E-state index contributed by atoms with van der Waals surface area (Å²) in [4.78, 5) is 28.8. The summed E-state index contributed by atoms with van der Waals surface area (Å²) in [5, 5.41) is 2.86. The van der Waals surface area contributed by atoms with Gasteiger partial charge >= 0.3 is 0 Å².